The number of hydrogen-bond donors (Lipinski definition) is 2. The van der Waals surface area contributed by atoms with Gasteiger partial charge in [-0.1, -0.05) is 0 Å². The Hall–Kier alpha value is -0.600. The topological polar surface area (TPSA) is 40.5 Å². The van der Waals surface area contributed by atoms with Crippen molar-refractivity contribution in [2.75, 3.05) is 13.2 Å². The standard InChI is InChI=1S/C4H10O2.2C2H4/c5-3-1-2-4-6;2*1-2/h5-6H,1-4H2;2*1-2H2. The summed E-state index contributed by atoms with van der Waals surface area (Å²) in [6, 6.07) is 0. The van der Waals surface area contributed by atoms with Crippen LogP contribution >= 0.6 is 0 Å². The highest BCUT2D eigenvalue weighted by atomic mass is 16.3. The molecule has 62 valence electrons. The molecule has 0 amide bonds. The third kappa shape index (κ3) is 52.6. The van der Waals surface area contributed by atoms with Gasteiger partial charge >= 0.3 is 0 Å². The molecule has 0 fully saturated rings. The van der Waals surface area contributed by atoms with Gasteiger partial charge in [0.1, 0.15) is 0 Å². The lowest BCUT2D eigenvalue weighted by atomic mass is 10.3. The smallest absolute Gasteiger partial charge is 0.0431 e. The van der Waals surface area contributed by atoms with E-state index in [9.17, 15) is 0 Å². The van der Waals surface area contributed by atoms with E-state index in [1.807, 2.05) is 0 Å². The molecular formula is C8H18O2. The normalized spacial score (nSPS) is 6.20. The lowest BCUT2D eigenvalue weighted by Crippen LogP contribution is -1.85. The highest BCUT2D eigenvalue weighted by molar-refractivity contribution is 4.30. The number of rotatable bonds is 3. The Morgan fingerprint density at radius 3 is 1.00 bits per heavy atom. The van der Waals surface area contributed by atoms with E-state index in [1.54, 1.807) is 0 Å². The Kier molecular flexibility index (Phi) is 64.4. The quantitative estimate of drug-likeness (QED) is 0.466. The number of aliphatic hydroxyl groups excluding tert-OH is 2. The first-order valence-electron chi connectivity index (χ1n) is 3.13. The van der Waals surface area contributed by atoms with Crippen LogP contribution in [0.4, 0.5) is 0 Å². The maximum Gasteiger partial charge on any atom is 0.0431 e. The summed E-state index contributed by atoms with van der Waals surface area (Å²) in [5.41, 5.74) is 0. The lowest BCUT2D eigenvalue weighted by molar-refractivity contribution is 0.242. The molecule has 0 aliphatic carbocycles. The molecule has 0 atom stereocenters. The Morgan fingerprint density at radius 1 is 0.700 bits per heavy atom. The molecule has 0 spiro atoms. The summed E-state index contributed by atoms with van der Waals surface area (Å²) in [4.78, 5) is 0. The number of aliphatic hydroxyl groups is 2. The zero-order chi connectivity index (χ0) is 8.83. The maximum absolute atomic E-state index is 8.09. The minimum absolute atomic E-state index is 0.195. The number of hydrogen-bond acceptors (Lipinski definition) is 2. The van der Waals surface area contributed by atoms with Gasteiger partial charge in [-0.25, -0.2) is 0 Å². The molecule has 0 heterocycles. The summed E-state index contributed by atoms with van der Waals surface area (Å²) >= 11 is 0. The van der Waals surface area contributed by atoms with Crippen molar-refractivity contribution in [2.45, 2.75) is 12.8 Å². The third-order valence-electron chi connectivity index (χ3n) is 0.566. The van der Waals surface area contributed by atoms with Crippen LogP contribution in [0.3, 0.4) is 0 Å². The average Bonchev–Trinajstić information content (AvgIpc) is 2.08. The largest absolute Gasteiger partial charge is 0.396 e. The minimum Gasteiger partial charge on any atom is -0.396 e. The fourth-order valence-corrected chi connectivity index (χ4v) is 0.224. The average molecular weight is 146 g/mol. The molecule has 0 unspecified atom stereocenters. The van der Waals surface area contributed by atoms with E-state index in [0.29, 0.717) is 0 Å². The molecule has 0 aliphatic rings. The van der Waals surface area contributed by atoms with E-state index in [-0.39, 0.29) is 13.2 Å². The molecule has 0 saturated carbocycles. The summed E-state index contributed by atoms with van der Waals surface area (Å²) < 4.78 is 0. The second-order valence-corrected chi connectivity index (χ2v) is 1.15. The third-order valence-corrected chi connectivity index (χ3v) is 0.566. The van der Waals surface area contributed by atoms with Crippen LogP contribution in [0.2, 0.25) is 0 Å². The van der Waals surface area contributed by atoms with E-state index in [2.05, 4.69) is 26.3 Å². The molecule has 0 aromatic carbocycles. The fraction of sp³-hybridized carbons (Fsp3) is 0.500. The summed E-state index contributed by atoms with van der Waals surface area (Å²) in [6.45, 7) is 12.4. The Balaban J connectivity index is -0.000000105. The van der Waals surface area contributed by atoms with Crippen molar-refractivity contribution in [1.29, 1.82) is 0 Å². The van der Waals surface area contributed by atoms with Gasteiger partial charge in [0, 0.05) is 13.2 Å². The summed E-state index contributed by atoms with van der Waals surface area (Å²) in [5.74, 6) is 0. The Morgan fingerprint density at radius 2 is 0.900 bits per heavy atom. The zero-order valence-corrected chi connectivity index (χ0v) is 6.55. The van der Waals surface area contributed by atoms with Crippen molar-refractivity contribution < 1.29 is 10.2 Å². The summed E-state index contributed by atoms with van der Waals surface area (Å²) in [7, 11) is 0. The van der Waals surface area contributed by atoms with Crippen molar-refractivity contribution in [1.82, 2.24) is 0 Å². The Labute approximate surface area is 63.5 Å². The van der Waals surface area contributed by atoms with Crippen molar-refractivity contribution in [3.05, 3.63) is 26.3 Å². The monoisotopic (exact) mass is 146 g/mol. The first-order valence-corrected chi connectivity index (χ1v) is 3.13. The van der Waals surface area contributed by atoms with Gasteiger partial charge in [-0.2, -0.15) is 0 Å². The molecule has 0 radical (unpaired) electrons. The van der Waals surface area contributed by atoms with Gasteiger partial charge in [0.15, 0.2) is 0 Å². The van der Waals surface area contributed by atoms with Crippen LogP contribution in [0.25, 0.3) is 0 Å². The zero-order valence-electron chi connectivity index (χ0n) is 6.55. The molecule has 2 heteroatoms. The second-order valence-electron chi connectivity index (χ2n) is 1.15. The van der Waals surface area contributed by atoms with Gasteiger partial charge in [0.2, 0.25) is 0 Å². The molecule has 0 rings (SSSR count). The van der Waals surface area contributed by atoms with Crippen LogP contribution in [-0.4, -0.2) is 23.4 Å². The second kappa shape index (κ2) is 39.8. The van der Waals surface area contributed by atoms with Crippen molar-refractivity contribution >= 4 is 0 Å². The molecular weight excluding hydrogens is 128 g/mol. The van der Waals surface area contributed by atoms with Gasteiger partial charge in [-0.3, -0.25) is 0 Å². The predicted molar refractivity (Wildman–Crippen MR) is 45.9 cm³/mol. The SMILES string of the molecule is C=C.C=C.OCCCCO. The van der Waals surface area contributed by atoms with Crippen molar-refractivity contribution in [3.8, 4) is 0 Å². The fourth-order valence-electron chi connectivity index (χ4n) is 0.224. The highest BCUT2D eigenvalue weighted by Crippen LogP contribution is 1.80. The van der Waals surface area contributed by atoms with Crippen LogP contribution in [0.1, 0.15) is 12.8 Å². The van der Waals surface area contributed by atoms with E-state index in [1.165, 1.54) is 0 Å². The molecule has 0 aliphatic heterocycles. The molecule has 2 nitrogen and oxygen atoms in total. The predicted octanol–water partition coefficient (Wildman–Crippen LogP) is 1.36. The first kappa shape index (κ1) is 16.2. The number of unbranched alkanes of at least 4 members (excludes halogenated alkanes) is 1. The van der Waals surface area contributed by atoms with E-state index >= 15 is 0 Å². The van der Waals surface area contributed by atoms with Crippen LogP contribution in [0.15, 0.2) is 26.3 Å². The van der Waals surface area contributed by atoms with Crippen molar-refractivity contribution in [3.63, 3.8) is 0 Å². The van der Waals surface area contributed by atoms with Crippen molar-refractivity contribution in [2.24, 2.45) is 0 Å². The van der Waals surface area contributed by atoms with Crippen LogP contribution in [0.5, 0.6) is 0 Å². The van der Waals surface area contributed by atoms with Gasteiger partial charge in [-0.05, 0) is 12.8 Å². The lowest BCUT2D eigenvalue weighted by Gasteiger charge is -1.85. The molecule has 2 N–H and O–H groups in total. The summed E-state index contributed by atoms with van der Waals surface area (Å²) in [6.07, 6.45) is 1.44. The highest BCUT2D eigenvalue weighted by Gasteiger charge is 1.77. The van der Waals surface area contributed by atoms with Gasteiger partial charge in [-0.15, -0.1) is 26.3 Å². The van der Waals surface area contributed by atoms with Gasteiger partial charge < -0.3 is 10.2 Å². The van der Waals surface area contributed by atoms with E-state index in [4.69, 9.17) is 10.2 Å². The molecule has 0 aromatic heterocycles. The van der Waals surface area contributed by atoms with E-state index in [0.717, 1.165) is 12.8 Å². The molecule has 0 aromatic rings. The van der Waals surface area contributed by atoms with Crippen LogP contribution < -0.4 is 0 Å². The first-order chi connectivity index (χ1) is 4.91. The molecule has 0 bridgehead atoms. The van der Waals surface area contributed by atoms with Gasteiger partial charge in [0.25, 0.3) is 0 Å². The summed E-state index contributed by atoms with van der Waals surface area (Å²) in [5, 5.41) is 16.2. The van der Waals surface area contributed by atoms with Crippen LogP contribution in [-0.2, 0) is 0 Å². The maximum atomic E-state index is 8.09. The van der Waals surface area contributed by atoms with E-state index < -0.39 is 0 Å². The van der Waals surface area contributed by atoms with Crippen LogP contribution in [0, 0.1) is 0 Å². The minimum atomic E-state index is 0.195. The molecule has 10 heavy (non-hydrogen) atoms. The Bertz CT molecular complexity index is 32.2. The van der Waals surface area contributed by atoms with Gasteiger partial charge in [0.05, 0.1) is 0 Å². The molecule has 0 saturated heterocycles.